The Labute approximate surface area is 157 Å². The van der Waals surface area contributed by atoms with E-state index in [1.54, 1.807) is 17.0 Å². The number of rotatable bonds is 6. The molecular weight excluding hydrogens is 343 g/mol. The largest absolute Gasteiger partial charge is 0.339 e. The molecule has 27 heavy (non-hydrogen) atoms. The van der Waals surface area contributed by atoms with Gasteiger partial charge in [0, 0.05) is 18.3 Å². The van der Waals surface area contributed by atoms with E-state index < -0.39 is 0 Å². The van der Waals surface area contributed by atoms with Crippen LogP contribution >= 0.6 is 0 Å². The van der Waals surface area contributed by atoms with Gasteiger partial charge < -0.3 is 10.2 Å². The number of anilines is 2. The van der Waals surface area contributed by atoms with Crippen LogP contribution in [-0.2, 0) is 6.54 Å². The summed E-state index contributed by atoms with van der Waals surface area (Å²) in [5.74, 6) is -0.0804. The van der Waals surface area contributed by atoms with Gasteiger partial charge in [-0.1, -0.05) is 36.4 Å². The minimum atomic E-state index is -0.340. The molecule has 0 saturated heterocycles. The quantitative estimate of drug-likeness (QED) is 0.704. The number of nitrogens with one attached hydrogen (secondary N) is 1. The van der Waals surface area contributed by atoms with E-state index in [0.29, 0.717) is 18.1 Å². The van der Waals surface area contributed by atoms with E-state index >= 15 is 0 Å². The molecular formula is C21H21FN4O. The fourth-order valence-corrected chi connectivity index (χ4v) is 2.63. The van der Waals surface area contributed by atoms with Crippen LogP contribution in [0.3, 0.4) is 0 Å². The van der Waals surface area contributed by atoms with Crippen molar-refractivity contribution in [3.8, 4) is 0 Å². The Morgan fingerprint density at radius 1 is 1.07 bits per heavy atom. The van der Waals surface area contributed by atoms with E-state index in [1.165, 1.54) is 24.5 Å². The third kappa shape index (κ3) is 4.88. The molecule has 1 N–H and O–H groups in total. The lowest BCUT2D eigenvalue weighted by molar-refractivity contribution is 0.0684. The van der Waals surface area contributed by atoms with Crippen LogP contribution in [0.25, 0.3) is 0 Å². The van der Waals surface area contributed by atoms with Gasteiger partial charge in [-0.3, -0.25) is 4.79 Å². The third-order valence-electron chi connectivity index (χ3n) is 4.05. The van der Waals surface area contributed by atoms with Gasteiger partial charge >= 0.3 is 0 Å². The highest BCUT2D eigenvalue weighted by Gasteiger charge is 2.20. The van der Waals surface area contributed by atoms with Gasteiger partial charge in [0.1, 0.15) is 17.3 Å². The number of nitrogens with zero attached hydrogens (tertiary/aromatic N) is 3. The minimum Gasteiger partial charge on any atom is -0.339 e. The van der Waals surface area contributed by atoms with Crippen molar-refractivity contribution in [1.82, 2.24) is 14.9 Å². The summed E-state index contributed by atoms with van der Waals surface area (Å²) in [5, 5.41) is 2.96. The Kier molecular flexibility index (Phi) is 5.76. The van der Waals surface area contributed by atoms with Crippen molar-refractivity contribution in [2.75, 3.05) is 5.32 Å². The Hall–Kier alpha value is -3.28. The molecule has 3 rings (SSSR count). The number of aromatic nitrogens is 2. The molecule has 0 atom stereocenters. The Morgan fingerprint density at radius 2 is 1.85 bits per heavy atom. The summed E-state index contributed by atoms with van der Waals surface area (Å²) >= 11 is 0. The van der Waals surface area contributed by atoms with Crippen LogP contribution in [0.4, 0.5) is 15.9 Å². The number of halogens is 1. The summed E-state index contributed by atoms with van der Waals surface area (Å²) in [7, 11) is 0. The maximum atomic E-state index is 13.3. The van der Waals surface area contributed by atoms with E-state index in [1.807, 2.05) is 44.2 Å². The lowest BCUT2D eigenvalue weighted by Crippen LogP contribution is -2.36. The molecule has 1 aromatic heterocycles. The van der Waals surface area contributed by atoms with Crippen LogP contribution < -0.4 is 5.32 Å². The first-order valence-electron chi connectivity index (χ1n) is 8.72. The summed E-state index contributed by atoms with van der Waals surface area (Å²) in [6.07, 6.45) is 2.91. The second-order valence-electron chi connectivity index (χ2n) is 6.43. The number of benzene rings is 2. The molecule has 0 saturated carbocycles. The van der Waals surface area contributed by atoms with Crippen molar-refractivity contribution >= 4 is 17.4 Å². The van der Waals surface area contributed by atoms with Gasteiger partial charge in [-0.2, -0.15) is 0 Å². The van der Waals surface area contributed by atoms with Crippen LogP contribution in [0.15, 0.2) is 67.0 Å². The van der Waals surface area contributed by atoms with E-state index in [-0.39, 0.29) is 23.5 Å². The van der Waals surface area contributed by atoms with Gasteiger partial charge in [0.05, 0.1) is 12.4 Å². The van der Waals surface area contributed by atoms with E-state index in [0.717, 1.165) is 5.56 Å². The van der Waals surface area contributed by atoms with E-state index in [4.69, 9.17) is 0 Å². The predicted molar refractivity (Wildman–Crippen MR) is 103 cm³/mol. The van der Waals surface area contributed by atoms with Crippen molar-refractivity contribution < 1.29 is 9.18 Å². The van der Waals surface area contributed by atoms with Gasteiger partial charge in [-0.15, -0.1) is 0 Å². The highest BCUT2D eigenvalue weighted by molar-refractivity contribution is 5.92. The van der Waals surface area contributed by atoms with Crippen molar-refractivity contribution in [3.05, 3.63) is 84.1 Å². The normalized spacial score (nSPS) is 10.7. The molecule has 138 valence electrons. The van der Waals surface area contributed by atoms with Crippen molar-refractivity contribution in [2.24, 2.45) is 0 Å². The van der Waals surface area contributed by atoms with Gasteiger partial charge in [0.15, 0.2) is 0 Å². The zero-order valence-corrected chi connectivity index (χ0v) is 15.3. The summed E-state index contributed by atoms with van der Waals surface area (Å²) in [6, 6.07) is 15.9. The maximum Gasteiger partial charge on any atom is 0.274 e. The SMILES string of the molecule is CC(C)N(Cc1ccccc1)C(=O)c1cnc(Nc2cccc(F)c2)cn1. The average Bonchev–Trinajstić information content (AvgIpc) is 2.67. The fraction of sp³-hybridized carbons (Fsp3) is 0.190. The zero-order chi connectivity index (χ0) is 19.2. The molecule has 0 radical (unpaired) electrons. The highest BCUT2D eigenvalue weighted by Crippen LogP contribution is 2.16. The van der Waals surface area contributed by atoms with Gasteiger partial charge in [0.25, 0.3) is 5.91 Å². The molecule has 0 bridgehead atoms. The molecule has 0 aliphatic carbocycles. The van der Waals surface area contributed by atoms with Gasteiger partial charge in [-0.05, 0) is 37.6 Å². The second kappa shape index (κ2) is 8.40. The second-order valence-corrected chi connectivity index (χ2v) is 6.43. The van der Waals surface area contributed by atoms with Crippen molar-refractivity contribution in [1.29, 1.82) is 0 Å². The predicted octanol–water partition coefficient (Wildman–Crippen LogP) is 4.41. The molecule has 0 spiro atoms. The first kappa shape index (κ1) is 18.5. The topological polar surface area (TPSA) is 58.1 Å². The summed E-state index contributed by atoms with van der Waals surface area (Å²) in [5.41, 5.74) is 1.89. The standard InChI is InChI=1S/C21H21FN4O/c1-15(2)26(14-16-7-4-3-5-8-16)21(27)19-12-24-20(13-23-19)25-18-10-6-9-17(22)11-18/h3-13,15H,14H2,1-2H3,(H,24,25). The summed E-state index contributed by atoms with van der Waals surface area (Å²) in [4.78, 5) is 23.1. The Morgan fingerprint density at radius 3 is 2.48 bits per heavy atom. The monoisotopic (exact) mass is 364 g/mol. The van der Waals surface area contributed by atoms with Crippen LogP contribution in [0, 0.1) is 5.82 Å². The number of amides is 1. The molecule has 0 aliphatic rings. The van der Waals surface area contributed by atoms with E-state index in [2.05, 4.69) is 15.3 Å². The molecule has 2 aromatic carbocycles. The van der Waals surface area contributed by atoms with Crippen molar-refractivity contribution in [2.45, 2.75) is 26.4 Å². The zero-order valence-electron chi connectivity index (χ0n) is 15.3. The van der Waals surface area contributed by atoms with Gasteiger partial charge in [-0.25, -0.2) is 14.4 Å². The van der Waals surface area contributed by atoms with Crippen LogP contribution in [-0.4, -0.2) is 26.8 Å². The number of carbonyl (C=O) groups is 1. The lowest BCUT2D eigenvalue weighted by Gasteiger charge is -2.26. The molecule has 3 aromatic rings. The third-order valence-corrected chi connectivity index (χ3v) is 4.05. The molecule has 0 aliphatic heterocycles. The first-order valence-corrected chi connectivity index (χ1v) is 8.72. The Bertz CT molecular complexity index is 898. The fourth-order valence-electron chi connectivity index (χ4n) is 2.63. The minimum absolute atomic E-state index is 0.0181. The highest BCUT2D eigenvalue weighted by atomic mass is 19.1. The molecule has 1 amide bonds. The van der Waals surface area contributed by atoms with E-state index in [9.17, 15) is 9.18 Å². The van der Waals surface area contributed by atoms with Crippen LogP contribution in [0.2, 0.25) is 0 Å². The number of hydrogen-bond donors (Lipinski definition) is 1. The summed E-state index contributed by atoms with van der Waals surface area (Å²) < 4.78 is 13.3. The smallest absolute Gasteiger partial charge is 0.274 e. The molecule has 0 unspecified atom stereocenters. The summed E-state index contributed by atoms with van der Waals surface area (Å²) in [6.45, 7) is 4.44. The van der Waals surface area contributed by atoms with Crippen molar-refractivity contribution in [3.63, 3.8) is 0 Å². The lowest BCUT2D eigenvalue weighted by atomic mass is 10.2. The molecule has 5 nitrogen and oxygen atoms in total. The van der Waals surface area contributed by atoms with Gasteiger partial charge in [0.2, 0.25) is 0 Å². The molecule has 0 fully saturated rings. The molecule has 1 heterocycles. The van der Waals surface area contributed by atoms with Crippen LogP contribution in [0.1, 0.15) is 29.9 Å². The van der Waals surface area contributed by atoms with Crippen LogP contribution in [0.5, 0.6) is 0 Å². The number of hydrogen-bond acceptors (Lipinski definition) is 4. The Balaban J connectivity index is 1.73. The average molecular weight is 364 g/mol. The first-order chi connectivity index (χ1) is 13.0. The number of carbonyl (C=O) groups excluding carboxylic acids is 1. The molecule has 6 heteroatoms. The maximum absolute atomic E-state index is 13.3.